The van der Waals surface area contributed by atoms with Crippen LogP contribution in [0.2, 0.25) is 0 Å². The highest BCUT2D eigenvalue weighted by Gasteiger charge is 2.34. The summed E-state index contributed by atoms with van der Waals surface area (Å²) in [7, 11) is 0. The van der Waals surface area contributed by atoms with Gasteiger partial charge in [-0.3, -0.25) is 0 Å². The largest absolute Gasteiger partial charge is 0.513 e. The van der Waals surface area contributed by atoms with E-state index >= 15 is 0 Å². The Labute approximate surface area is 218 Å². The molecule has 0 saturated carbocycles. The standard InChI is InChI=1S/C29H38O8/c1-5-6-7-8-20-12-25(36-28(30)34-16-21-14-32-21)27(24-11-19(4)9-10-23(24)18(2)3)26(13-20)37-29(31)35-17-22-15-33-22/h11-13,21-24H,2,5-10,14-17H2,1,3-4H3/t21?,22?,23-,24+/m0/s1. The molecule has 4 atom stereocenters. The third kappa shape index (κ3) is 8.07. The van der Waals surface area contributed by atoms with E-state index in [1.54, 1.807) is 0 Å². The van der Waals surface area contributed by atoms with E-state index in [9.17, 15) is 9.59 Å². The fraction of sp³-hybridized carbons (Fsp3) is 0.586. The van der Waals surface area contributed by atoms with Crippen molar-refractivity contribution in [3.63, 3.8) is 0 Å². The summed E-state index contributed by atoms with van der Waals surface area (Å²) in [6.07, 6.45) is 6.05. The number of epoxide rings is 2. The van der Waals surface area contributed by atoms with Crippen LogP contribution in [0.5, 0.6) is 11.5 Å². The van der Waals surface area contributed by atoms with Crippen LogP contribution in [-0.2, 0) is 25.4 Å². The van der Waals surface area contributed by atoms with Crippen molar-refractivity contribution < 1.29 is 38.0 Å². The number of unbranched alkanes of at least 4 members (excludes halogenated alkanes) is 2. The molecule has 0 radical (unpaired) electrons. The number of hydrogen-bond donors (Lipinski definition) is 0. The average molecular weight is 515 g/mol. The summed E-state index contributed by atoms with van der Waals surface area (Å²) < 4.78 is 32.4. The summed E-state index contributed by atoms with van der Waals surface area (Å²) in [5, 5.41) is 0. The van der Waals surface area contributed by atoms with Crippen molar-refractivity contribution in [3.8, 4) is 11.5 Å². The van der Waals surface area contributed by atoms with Gasteiger partial charge in [0.2, 0.25) is 0 Å². The second-order valence-corrected chi connectivity index (χ2v) is 10.2. The number of ether oxygens (including phenoxy) is 6. The monoisotopic (exact) mass is 514 g/mol. The molecule has 4 rings (SSSR count). The highest BCUT2D eigenvalue weighted by Crippen LogP contribution is 2.47. The summed E-state index contributed by atoms with van der Waals surface area (Å²) in [4.78, 5) is 25.3. The highest BCUT2D eigenvalue weighted by molar-refractivity contribution is 5.70. The van der Waals surface area contributed by atoms with Crippen molar-refractivity contribution in [1.29, 1.82) is 0 Å². The average Bonchev–Trinajstić information content (AvgIpc) is 3.77. The third-order valence-electron chi connectivity index (χ3n) is 6.91. The first kappa shape index (κ1) is 27.2. The molecule has 1 aromatic carbocycles. The maximum atomic E-state index is 12.7. The van der Waals surface area contributed by atoms with Crippen molar-refractivity contribution in [2.75, 3.05) is 26.4 Å². The molecular weight excluding hydrogens is 476 g/mol. The molecule has 1 aliphatic carbocycles. The van der Waals surface area contributed by atoms with Gasteiger partial charge in [-0.2, -0.15) is 0 Å². The molecule has 8 nitrogen and oxygen atoms in total. The van der Waals surface area contributed by atoms with Crippen LogP contribution in [0.25, 0.3) is 0 Å². The van der Waals surface area contributed by atoms with E-state index in [4.69, 9.17) is 28.4 Å². The van der Waals surface area contributed by atoms with Crippen LogP contribution in [0.3, 0.4) is 0 Å². The van der Waals surface area contributed by atoms with Gasteiger partial charge >= 0.3 is 12.3 Å². The molecule has 2 aliphatic heterocycles. The zero-order valence-electron chi connectivity index (χ0n) is 22.1. The Morgan fingerprint density at radius 3 is 2.05 bits per heavy atom. The van der Waals surface area contributed by atoms with Gasteiger partial charge in [0.05, 0.1) is 13.2 Å². The topological polar surface area (TPSA) is 96.1 Å². The molecule has 37 heavy (non-hydrogen) atoms. The second-order valence-electron chi connectivity index (χ2n) is 10.2. The lowest BCUT2D eigenvalue weighted by Gasteiger charge is -2.32. The fourth-order valence-corrected chi connectivity index (χ4v) is 4.67. The molecule has 0 spiro atoms. The van der Waals surface area contributed by atoms with Crippen molar-refractivity contribution >= 4 is 12.3 Å². The van der Waals surface area contributed by atoms with Crippen LogP contribution >= 0.6 is 0 Å². The molecule has 2 fully saturated rings. The summed E-state index contributed by atoms with van der Waals surface area (Å²) in [5.74, 6) is 0.545. The maximum Gasteiger partial charge on any atom is 0.513 e. The first-order chi connectivity index (χ1) is 17.8. The number of benzene rings is 1. The van der Waals surface area contributed by atoms with Crippen molar-refractivity contribution in [1.82, 2.24) is 0 Å². The van der Waals surface area contributed by atoms with E-state index in [2.05, 4.69) is 26.5 Å². The van der Waals surface area contributed by atoms with E-state index in [1.807, 2.05) is 19.1 Å². The first-order valence-electron chi connectivity index (χ1n) is 13.3. The van der Waals surface area contributed by atoms with E-state index in [1.165, 1.54) is 5.57 Å². The number of aryl methyl sites for hydroxylation is 1. The summed E-state index contributed by atoms with van der Waals surface area (Å²) in [6, 6.07) is 3.73. The number of hydrogen-bond acceptors (Lipinski definition) is 8. The Balaban J connectivity index is 1.70. The van der Waals surface area contributed by atoms with Crippen LogP contribution in [0.15, 0.2) is 35.9 Å². The van der Waals surface area contributed by atoms with Gasteiger partial charge in [0.15, 0.2) is 0 Å². The molecular formula is C29H38O8. The van der Waals surface area contributed by atoms with Gasteiger partial charge in [-0.25, -0.2) is 9.59 Å². The van der Waals surface area contributed by atoms with Crippen LogP contribution in [0.4, 0.5) is 9.59 Å². The highest BCUT2D eigenvalue weighted by atomic mass is 16.7. The molecule has 0 bridgehead atoms. The Hall–Kier alpha value is -2.84. The smallest absolute Gasteiger partial charge is 0.431 e. The minimum absolute atomic E-state index is 0.0757. The molecule has 0 amide bonds. The van der Waals surface area contributed by atoms with Crippen LogP contribution in [0.1, 0.15) is 69.9 Å². The Morgan fingerprint density at radius 2 is 1.57 bits per heavy atom. The zero-order valence-corrected chi connectivity index (χ0v) is 22.1. The van der Waals surface area contributed by atoms with Gasteiger partial charge < -0.3 is 28.4 Å². The zero-order chi connectivity index (χ0) is 26.4. The van der Waals surface area contributed by atoms with E-state index < -0.39 is 12.3 Å². The molecule has 0 N–H and O–H groups in total. The van der Waals surface area contributed by atoms with Gasteiger partial charge in [-0.15, -0.1) is 0 Å². The summed E-state index contributed by atoms with van der Waals surface area (Å²) >= 11 is 0. The van der Waals surface area contributed by atoms with Crippen molar-refractivity contribution in [3.05, 3.63) is 47.1 Å². The predicted molar refractivity (Wildman–Crippen MR) is 137 cm³/mol. The molecule has 1 aromatic rings. The quantitative estimate of drug-likeness (QED) is 0.106. The normalized spacial score (nSPS) is 24.0. The van der Waals surface area contributed by atoms with Crippen LogP contribution < -0.4 is 9.47 Å². The van der Waals surface area contributed by atoms with Gasteiger partial charge in [-0.05, 0) is 63.1 Å². The van der Waals surface area contributed by atoms with Crippen LogP contribution in [-0.4, -0.2) is 50.9 Å². The maximum absolute atomic E-state index is 12.7. The Kier molecular flexibility index (Phi) is 9.27. The Bertz CT molecular complexity index is 970. The lowest BCUT2D eigenvalue weighted by atomic mass is 9.73. The predicted octanol–water partition coefficient (Wildman–Crippen LogP) is 6.26. The van der Waals surface area contributed by atoms with E-state index in [-0.39, 0.29) is 37.3 Å². The fourth-order valence-electron chi connectivity index (χ4n) is 4.67. The molecule has 0 aromatic heterocycles. The van der Waals surface area contributed by atoms with Crippen molar-refractivity contribution in [2.24, 2.45) is 5.92 Å². The first-order valence-corrected chi connectivity index (χ1v) is 13.3. The number of carbonyl (C=O) groups excluding carboxylic acids is 2. The minimum atomic E-state index is -0.815. The third-order valence-corrected chi connectivity index (χ3v) is 6.91. The number of carbonyl (C=O) groups is 2. The van der Waals surface area contributed by atoms with Gasteiger partial charge in [0, 0.05) is 11.5 Å². The second kappa shape index (κ2) is 12.6. The van der Waals surface area contributed by atoms with Gasteiger partial charge in [0.1, 0.15) is 36.9 Å². The molecule has 2 heterocycles. The number of rotatable bonds is 12. The molecule has 202 valence electrons. The summed E-state index contributed by atoms with van der Waals surface area (Å²) in [5.41, 5.74) is 3.75. The van der Waals surface area contributed by atoms with E-state index in [0.717, 1.165) is 49.7 Å². The summed E-state index contributed by atoms with van der Waals surface area (Å²) in [6.45, 7) is 11.9. The molecule has 3 aliphatic rings. The molecule has 2 saturated heterocycles. The van der Waals surface area contributed by atoms with Gasteiger partial charge in [0.25, 0.3) is 0 Å². The van der Waals surface area contributed by atoms with Crippen LogP contribution in [0, 0.1) is 5.92 Å². The van der Waals surface area contributed by atoms with Gasteiger partial charge in [-0.1, -0.05) is 43.6 Å². The lowest BCUT2D eigenvalue weighted by molar-refractivity contribution is 0.0894. The van der Waals surface area contributed by atoms with E-state index in [0.29, 0.717) is 30.3 Å². The Morgan fingerprint density at radius 1 is 1.00 bits per heavy atom. The lowest BCUT2D eigenvalue weighted by Crippen LogP contribution is -2.22. The SMILES string of the molecule is C=C(C)[C@@H]1CCC(C)=C[C@H]1c1c(OC(=O)OCC2CO2)cc(CCCCC)cc1OC(=O)OCC1CO1. The molecule has 8 heteroatoms. The minimum Gasteiger partial charge on any atom is -0.431 e. The number of allylic oxidation sites excluding steroid dienone is 3. The van der Waals surface area contributed by atoms with Crippen molar-refractivity contribution in [2.45, 2.75) is 77.4 Å². The molecule has 2 unspecified atom stereocenters.